The monoisotopic (exact) mass is 392 g/mol. The van der Waals surface area contributed by atoms with Crippen molar-refractivity contribution in [3.8, 4) is 5.75 Å². The van der Waals surface area contributed by atoms with Crippen molar-refractivity contribution in [2.45, 2.75) is 25.7 Å². The quantitative estimate of drug-likeness (QED) is 0.635. The summed E-state index contributed by atoms with van der Waals surface area (Å²) in [4.78, 5) is 23.6. The van der Waals surface area contributed by atoms with Crippen LogP contribution in [0.25, 0.3) is 0 Å². The van der Waals surface area contributed by atoms with Crippen LogP contribution < -0.4 is 15.4 Å². The van der Waals surface area contributed by atoms with Crippen LogP contribution in [-0.4, -0.2) is 25.5 Å². The van der Waals surface area contributed by atoms with Gasteiger partial charge < -0.3 is 15.4 Å². The molecule has 0 aliphatic heterocycles. The summed E-state index contributed by atoms with van der Waals surface area (Å²) in [7, 11) is 1.63. The first-order chi connectivity index (χ1) is 13.0. The zero-order valence-corrected chi connectivity index (χ0v) is 15.8. The standard InChI is InChI=1S/C20H22ClFN2O3/c1-27-16-9-6-14(7-10-16)4-2-3-5-19(25)23-13-20(26)24-15-8-11-18(22)17(21)12-15/h6-12H,2-5,13H2,1H3,(H,23,25)(H,24,26). The fourth-order valence-electron chi connectivity index (χ4n) is 2.45. The van der Waals surface area contributed by atoms with Crippen molar-refractivity contribution in [3.63, 3.8) is 0 Å². The molecular weight excluding hydrogens is 371 g/mol. The molecule has 27 heavy (non-hydrogen) atoms. The minimum absolute atomic E-state index is 0.0753. The molecule has 0 saturated carbocycles. The topological polar surface area (TPSA) is 67.4 Å². The van der Waals surface area contributed by atoms with Gasteiger partial charge in [-0.1, -0.05) is 23.7 Å². The predicted octanol–water partition coefficient (Wildman–Crippen LogP) is 3.96. The summed E-state index contributed by atoms with van der Waals surface area (Å²) < 4.78 is 18.2. The number of rotatable bonds is 9. The van der Waals surface area contributed by atoms with E-state index in [4.69, 9.17) is 16.3 Å². The highest BCUT2D eigenvalue weighted by molar-refractivity contribution is 6.31. The lowest BCUT2D eigenvalue weighted by Gasteiger charge is -2.08. The average molecular weight is 393 g/mol. The maximum Gasteiger partial charge on any atom is 0.243 e. The van der Waals surface area contributed by atoms with E-state index in [9.17, 15) is 14.0 Å². The van der Waals surface area contributed by atoms with Crippen molar-refractivity contribution in [1.82, 2.24) is 5.32 Å². The zero-order valence-electron chi connectivity index (χ0n) is 15.1. The maximum absolute atomic E-state index is 13.1. The summed E-state index contributed by atoms with van der Waals surface area (Å²) >= 11 is 5.65. The SMILES string of the molecule is COc1ccc(CCCCC(=O)NCC(=O)Nc2ccc(F)c(Cl)c2)cc1. The molecule has 0 atom stereocenters. The Morgan fingerprint density at radius 1 is 1.07 bits per heavy atom. The van der Waals surface area contributed by atoms with E-state index in [-0.39, 0.29) is 17.5 Å². The largest absolute Gasteiger partial charge is 0.497 e. The zero-order chi connectivity index (χ0) is 19.6. The Balaban J connectivity index is 1.62. The normalized spacial score (nSPS) is 10.3. The van der Waals surface area contributed by atoms with E-state index in [0.29, 0.717) is 12.1 Å². The van der Waals surface area contributed by atoms with Gasteiger partial charge in [0.15, 0.2) is 0 Å². The van der Waals surface area contributed by atoms with Gasteiger partial charge in [0.2, 0.25) is 11.8 Å². The van der Waals surface area contributed by atoms with E-state index in [1.165, 1.54) is 23.8 Å². The van der Waals surface area contributed by atoms with Gasteiger partial charge in [0.1, 0.15) is 11.6 Å². The number of hydrogen-bond donors (Lipinski definition) is 2. The second kappa shape index (κ2) is 10.5. The van der Waals surface area contributed by atoms with Crippen LogP contribution in [-0.2, 0) is 16.0 Å². The van der Waals surface area contributed by atoms with E-state index >= 15 is 0 Å². The molecule has 2 aromatic rings. The van der Waals surface area contributed by atoms with Crippen molar-refractivity contribution < 1.29 is 18.7 Å². The van der Waals surface area contributed by atoms with Gasteiger partial charge in [-0.25, -0.2) is 4.39 Å². The number of nitrogens with one attached hydrogen (secondary N) is 2. The Bertz CT molecular complexity index is 781. The number of benzene rings is 2. The summed E-state index contributed by atoms with van der Waals surface area (Å²) in [6, 6.07) is 11.7. The fourth-order valence-corrected chi connectivity index (χ4v) is 2.63. The third-order valence-electron chi connectivity index (χ3n) is 3.93. The lowest BCUT2D eigenvalue weighted by atomic mass is 10.1. The van der Waals surface area contributed by atoms with Gasteiger partial charge in [-0.15, -0.1) is 0 Å². The van der Waals surface area contributed by atoms with Crippen molar-refractivity contribution >= 4 is 29.1 Å². The van der Waals surface area contributed by atoms with Crippen molar-refractivity contribution in [2.75, 3.05) is 19.0 Å². The molecule has 0 unspecified atom stereocenters. The number of anilines is 1. The molecule has 0 spiro atoms. The van der Waals surface area contributed by atoms with Crippen LogP contribution in [0, 0.1) is 5.82 Å². The second-order valence-corrected chi connectivity index (χ2v) is 6.42. The van der Waals surface area contributed by atoms with E-state index in [1.54, 1.807) is 7.11 Å². The van der Waals surface area contributed by atoms with E-state index < -0.39 is 11.7 Å². The van der Waals surface area contributed by atoms with Gasteiger partial charge in [0, 0.05) is 12.1 Å². The first-order valence-electron chi connectivity index (χ1n) is 8.62. The van der Waals surface area contributed by atoms with Crippen LogP contribution >= 0.6 is 11.6 Å². The van der Waals surface area contributed by atoms with Crippen molar-refractivity contribution in [2.24, 2.45) is 0 Å². The predicted molar refractivity (Wildman–Crippen MR) is 104 cm³/mol. The molecule has 0 aliphatic carbocycles. The lowest BCUT2D eigenvalue weighted by Crippen LogP contribution is -2.32. The van der Waals surface area contributed by atoms with E-state index in [1.807, 2.05) is 24.3 Å². The Kier molecular flexibility index (Phi) is 8.07. The number of methoxy groups -OCH3 is 1. The third-order valence-corrected chi connectivity index (χ3v) is 4.22. The summed E-state index contributed by atoms with van der Waals surface area (Å²) in [5, 5.41) is 5.04. The fraction of sp³-hybridized carbons (Fsp3) is 0.300. The highest BCUT2D eigenvalue weighted by atomic mass is 35.5. The van der Waals surface area contributed by atoms with Crippen LogP contribution in [0.4, 0.5) is 10.1 Å². The highest BCUT2D eigenvalue weighted by Crippen LogP contribution is 2.19. The summed E-state index contributed by atoms with van der Waals surface area (Å²) in [6.45, 7) is -0.147. The maximum atomic E-state index is 13.1. The number of hydrogen-bond acceptors (Lipinski definition) is 3. The molecule has 0 aliphatic rings. The van der Waals surface area contributed by atoms with Crippen LogP contribution in [0.2, 0.25) is 5.02 Å². The number of ether oxygens (including phenoxy) is 1. The first kappa shape index (κ1) is 20.7. The Morgan fingerprint density at radius 3 is 2.48 bits per heavy atom. The number of carbonyl (C=O) groups excluding carboxylic acids is 2. The van der Waals surface area contributed by atoms with Gasteiger partial charge in [0.05, 0.1) is 18.7 Å². The Morgan fingerprint density at radius 2 is 1.81 bits per heavy atom. The van der Waals surface area contributed by atoms with Gasteiger partial charge in [-0.2, -0.15) is 0 Å². The van der Waals surface area contributed by atoms with Crippen LogP contribution in [0.1, 0.15) is 24.8 Å². The van der Waals surface area contributed by atoms with Gasteiger partial charge >= 0.3 is 0 Å². The molecule has 144 valence electrons. The summed E-state index contributed by atoms with van der Waals surface area (Å²) in [5.74, 6) is -0.321. The van der Waals surface area contributed by atoms with Crippen LogP contribution in [0.3, 0.4) is 0 Å². The van der Waals surface area contributed by atoms with Gasteiger partial charge in [0.25, 0.3) is 0 Å². The lowest BCUT2D eigenvalue weighted by molar-refractivity contribution is -0.124. The highest BCUT2D eigenvalue weighted by Gasteiger charge is 2.07. The number of unbranched alkanes of at least 4 members (excludes halogenated alkanes) is 1. The van der Waals surface area contributed by atoms with Crippen molar-refractivity contribution in [1.29, 1.82) is 0 Å². The molecule has 0 radical (unpaired) electrons. The van der Waals surface area contributed by atoms with Gasteiger partial charge in [-0.3, -0.25) is 9.59 Å². The summed E-state index contributed by atoms with van der Waals surface area (Å²) in [5.41, 5.74) is 1.56. The van der Waals surface area contributed by atoms with Crippen LogP contribution in [0.5, 0.6) is 5.75 Å². The third kappa shape index (κ3) is 7.27. The molecule has 0 aromatic heterocycles. The molecule has 0 heterocycles. The molecule has 0 saturated heterocycles. The molecule has 2 N–H and O–H groups in total. The van der Waals surface area contributed by atoms with Crippen LogP contribution in [0.15, 0.2) is 42.5 Å². The molecule has 0 bridgehead atoms. The molecule has 0 fully saturated rings. The second-order valence-electron chi connectivity index (χ2n) is 6.01. The smallest absolute Gasteiger partial charge is 0.243 e. The average Bonchev–Trinajstić information content (AvgIpc) is 2.67. The number of aryl methyl sites for hydroxylation is 1. The molecule has 7 heteroatoms. The minimum atomic E-state index is -0.558. The Hall–Kier alpha value is -2.60. The Labute approximate surface area is 162 Å². The number of carbonyl (C=O) groups is 2. The molecule has 2 amide bonds. The minimum Gasteiger partial charge on any atom is -0.497 e. The number of amides is 2. The molecular formula is C20H22ClFN2O3. The first-order valence-corrected chi connectivity index (χ1v) is 9.00. The molecule has 2 rings (SSSR count). The van der Waals surface area contributed by atoms with Gasteiger partial charge in [-0.05, 0) is 55.2 Å². The number of halogens is 2. The summed E-state index contributed by atoms with van der Waals surface area (Å²) in [6.07, 6.45) is 2.84. The molecule has 5 nitrogen and oxygen atoms in total. The van der Waals surface area contributed by atoms with Crippen molar-refractivity contribution in [3.05, 3.63) is 58.9 Å². The van der Waals surface area contributed by atoms with E-state index in [2.05, 4.69) is 10.6 Å². The molecule has 2 aromatic carbocycles. The van der Waals surface area contributed by atoms with E-state index in [0.717, 1.165) is 25.0 Å².